The van der Waals surface area contributed by atoms with E-state index in [1.807, 2.05) is 0 Å². The van der Waals surface area contributed by atoms with Crippen molar-refractivity contribution in [3.05, 3.63) is 0 Å². The van der Waals surface area contributed by atoms with Gasteiger partial charge in [0.15, 0.2) is 0 Å². The number of carboxylic acids is 1. The molecule has 0 saturated carbocycles. The van der Waals surface area contributed by atoms with Crippen LogP contribution in [0, 0.1) is 0 Å². The molecule has 0 aromatic rings. The average molecular weight is 189 g/mol. The van der Waals surface area contributed by atoms with E-state index in [0.29, 0.717) is 0 Å². The van der Waals surface area contributed by atoms with E-state index < -0.39 is 24.6 Å². The third-order valence-electron chi connectivity index (χ3n) is 0.970. The molecule has 0 bridgehead atoms. The first-order valence-electron chi connectivity index (χ1n) is 2.86. The van der Waals surface area contributed by atoms with Crippen LogP contribution < -0.4 is 5.11 Å². The van der Waals surface area contributed by atoms with Crippen molar-refractivity contribution in [2.45, 2.75) is 19.0 Å². The van der Waals surface area contributed by atoms with Gasteiger partial charge < -0.3 is 14.6 Å². The van der Waals surface area contributed by atoms with E-state index in [9.17, 15) is 27.5 Å². The normalized spacial score (nSPS) is 17.1. The van der Waals surface area contributed by atoms with Gasteiger partial charge in [-0.1, -0.05) is 0 Å². The van der Waals surface area contributed by atoms with E-state index >= 15 is 0 Å². The molecule has 0 fully saturated rings. The van der Waals surface area contributed by atoms with Crippen LogP contribution in [0.4, 0.5) is 17.6 Å². The van der Waals surface area contributed by atoms with Crippen LogP contribution >= 0.6 is 0 Å². The lowest BCUT2D eigenvalue weighted by Crippen LogP contribution is -2.56. The number of ether oxygens (including phenoxy) is 1. The molecule has 0 aliphatic rings. The molecule has 0 aromatic heterocycles. The molecule has 0 heterocycles. The van der Waals surface area contributed by atoms with Crippen LogP contribution in [0.15, 0.2) is 0 Å². The van der Waals surface area contributed by atoms with Crippen molar-refractivity contribution in [3.63, 3.8) is 0 Å². The zero-order valence-electron chi connectivity index (χ0n) is 5.94. The molecule has 0 amide bonds. The first-order valence-corrected chi connectivity index (χ1v) is 2.86. The SMILES string of the molecule is CCOC(F)(C(=O)[O-])C(F)(F)F. The van der Waals surface area contributed by atoms with Gasteiger partial charge in [0.05, 0.1) is 0 Å². The molecular formula is C5H5F4O3-. The van der Waals surface area contributed by atoms with Crippen molar-refractivity contribution >= 4 is 5.97 Å². The van der Waals surface area contributed by atoms with Crippen molar-refractivity contribution in [1.82, 2.24) is 0 Å². The summed E-state index contributed by atoms with van der Waals surface area (Å²) in [5.41, 5.74) is 0. The molecule has 0 saturated heterocycles. The largest absolute Gasteiger partial charge is 0.544 e. The zero-order chi connectivity index (χ0) is 9.99. The first-order chi connectivity index (χ1) is 5.25. The van der Waals surface area contributed by atoms with Crippen LogP contribution in [0.5, 0.6) is 0 Å². The number of alkyl halides is 4. The van der Waals surface area contributed by atoms with Gasteiger partial charge in [-0.25, -0.2) is 0 Å². The first kappa shape index (κ1) is 11.2. The summed E-state index contributed by atoms with van der Waals surface area (Å²) in [7, 11) is 0. The lowest BCUT2D eigenvalue weighted by atomic mass is 10.3. The summed E-state index contributed by atoms with van der Waals surface area (Å²) in [6.07, 6.45) is -5.62. The number of hydrogen-bond acceptors (Lipinski definition) is 3. The molecule has 72 valence electrons. The summed E-state index contributed by atoms with van der Waals surface area (Å²) in [6.45, 7) is 0.312. The third-order valence-corrected chi connectivity index (χ3v) is 0.970. The molecule has 0 aliphatic carbocycles. The lowest BCUT2D eigenvalue weighted by Gasteiger charge is -2.27. The molecule has 0 rings (SSSR count). The van der Waals surface area contributed by atoms with E-state index in [-0.39, 0.29) is 0 Å². The van der Waals surface area contributed by atoms with Crippen LogP contribution in [-0.4, -0.2) is 24.6 Å². The van der Waals surface area contributed by atoms with Crippen LogP contribution in [-0.2, 0) is 9.53 Å². The summed E-state index contributed by atoms with van der Waals surface area (Å²) >= 11 is 0. The number of carbonyl (C=O) groups excluding carboxylic acids is 1. The van der Waals surface area contributed by atoms with Gasteiger partial charge in [-0.05, 0) is 6.92 Å². The topological polar surface area (TPSA) is 49.4 Å². The summed E-state index contributed by atoms with van der Waals surface area (Å²) < 4.78 is 50.7. The summed E-state index contributed by atoms with van der Waals surface area (Å²) in [5, 5.41) is 9.73. The van der Waals surface area contributed by atoms with Crippen molar-refractivity contribution in [2.24, 2.45) is 0 Å². The molecule has 7 heteroatoms. The molecule has 0 spiro atoms. The van der Waals surface area contributed by atoms with Gasteiger partial charge in [0.25, 0.3) is 0 Å². The highest BCUT2D eigenvalue weighted by Crippen LogP contribution is 2.34. The van der Waals surface area contributed by atoms with Crippen molar-refractivity contribution in [3.8, 4) is 0 Å². The van der Waals surface area contributed by atoms with Crippen molar-refractivity contribution in [2.75, 3.05) is 6.61 Å². The standard InChI is InChI=1S/C5H6F4O3/c1-2-12-4(6,3(10)11)5(7,8)9/h2H2,1H3,(H,10,11)/p-1. The van der Waals surface area contributed by atoms with Crippen molar-refractivity contribution in [1.29, 1.82) is 0 Å². The highest BCUT2D eigenvalue weighted by atomic mass is 19.4. The number of hydrogen-bond donors (Lipinski definition) is 0. The van der Waals surface area contributed by atoms with Crippen LogP contribution in [0.1, 0.15) is 6.92 Å². The van der Waals surface area contributed by atoms with Gasteiger partial charge in [-0.3, -0.25) is 0 Å². The van der Waals surface area contributed by atoms with E-state index in [0.717, 1.165) is 6.92 Å². The van der Waals surface area contributed by atoms with Gasteiger partial charge in [-0.15, -0.1) is 0 Å². The molecular weight excluding hydrogens is 184 g/mol. The maximum atomic E-state index is 12.4. The van der Waals surface area contributed by atoms with E-state index in [1.165, 1.54) is 0 Å². The molecule has 0 radical (unpaired) electrons. The highest BCUT2D eigenvalue weighted by molar-refractivity contribution is 5.74. The minimum atomic E-state index is -5.62. The Hall–Kier alpha value is -0.850. The number of rotatable bonds is 3. The Morgan fingerprint density at radius 3 is 1.92 bits per heavy atom. The Labute approximate surface area is 64.9 Å². The van der Waals surface area contributed by atoms with Gasteiger partial charge >= 0.3 is 12.0 Å². The monoisotopic (exact) mass is 189 g/mol. The van der Waals surface area contributed by atoms with E-state index in [2.05, 4.69) is 4.74 Å². The molecule has 12 heavy (non-hydrogen) atoms. The summed E-state index contributed by atoms with van der Waals surface area (Å²) in [4.78, 5) is 9.73. The number of carboxylic acid groups (broad SMARTS) is 1. The fraction of sp³-hybridized carbons (Fsp3) is 0.800. The molecule has 3 nitrogen and oxygen atoms in total. The Bertz CT molecular complexity index is 178. The molecule has 0 aliphatic heterocycles. The maximum absolute atomic E-state index is 12.4. The van der Waals surface area contributed by atoms with Gasteiger partial charge in [0, 0.05) is 6.61 Å². The Kier molecular flexibility index (Phi) is 3.03. The average Bonchev–Trinajstić information content (AvgIpc) is 1.85. The quantitative estimate of drug-likeness (QED) is 0.587. The Morgan fingerprint density at radius 1 is 1.42 bits per heavy atom. The maximum Gasteiger partial charge on any atom is 0.454 e. The second-order valence-electron chi connectivity index (χ2n) is 1.81. The smallest absolute Gasteiger partial charge is 0.454 e. The molecule has 0 N–H and O–H groups in total. The minimum Gasteiger partial charge on any atom is -0.544 e. The van der Waals surface area contributed by atoms with E-state index in [1.54, 1.807) is 0 Å². The molecule has 0 aromatic carbocycles. The second kappa shape index (κ2) is 3.26. The fourth-order valence-electron chi connectivity index (χ4n) is 0.455. The fourth-order valence-corrected chi connectivity index (χ4v) is 0.455. The third kappa shape index (κ3) is 1.84. The van der Waals surface area contributed by atoms with E-state index in [4.69, 9.17) is 0 Å². The second-order valence-corrected chi connectivity index (χ2v) is 1.81. The van der Waals surface area contributed by atoms with Crippen molar-refractivity contribution < 1.29 is 32.2 Å². The van der Waals surface area contributed by atoms with Crippen LogP contribution in [0.25, 0.3) is 0 Å². The zero-order valence-corrected chi connectivity index (χ0v) is 5.94. The highest BCUT2D eigenvalue weighted by Gasteiger charge is 2.59. The predicted octanol–water partition coefficient (Wildman–Crippen LogP) is 0.000900. The lowest BCUT2D eigenvalue weighted by molar-refractivity contribution is -0.386. The molecule has 1 atom stereocenters. The number of carbonyl (C=O) groups is 1. The van der Waals surface area contributed by atoms with Crippen LogP contribution in [0.3, 0.4) is 0 Å². The minimum absolute atomic E-state index is 0.718. The summed E-state index contributed by atoms with van der Waals surface area (Å²) in [5.74, 6) is -7.65. The number of aliphatic carboxylic acids is 1. The predicted molar refractivity (Wildman–Crippen MR) is 26.5 cm³/mol. The Morgan fingerprint density at radius 2 is 1.83 bits per heavy atom. The Balaban J connectivity index is 4.75. The van der Waals surface area contributed by atoms with Gasteiger partial charge in [0.1, 0.15) is 5.97 Å². The van der Waals surface area contributed by atoms with Gasteiger partial charge in [-0.2, -0.15) is 17.6 Å². The molecule has 1 unspecified atom stereocenters. The van der Waals surface area contributed by atoms with Crippen LogP contribution in [0.2, 0.25) is 0 Å². The summed E-state index contributed by atoms with van der Waals surface area (Å²) in [6, 6.07) is 0. The van der Waals surface area contributed by atoms with Gasteiger partial charge in [0.2, 0.25) is 0 Å². The number of halogens is 4.